The summed E-state index contributed by atoms with van der Waals surface area (Å²) in [4.78, 5) is 0. The first kappa shape index (κ1) is 10.9. The van der Waals surface area contributed by atoms with Crippen LogP contribution in [-0.2, 0) is 0 Å². The maximum absolute atomic E-state index is 9.96. The number of nitrogens with two attached hydrogens (primary N) is 1. The van der Waals surface area contributed by atoms with Gasteiger partial charge in [-0.05, 0) is 29.8 Å². The van der Waals surface area contributed by atoms with Gasteiger partial charge in [-0.25, -0.2) is 0 Å². The van der Waals surface area contributed by atoms with Gasteiger partial charge in [0.1, 0.15) is 17.6 Å². The molecule has 84 valence electrons. The van der Waals surface area contributed by atoms with Crippen LogP contribution in [0.4, 0.5) is 5.69 Å². The third-order valence-electron chi connectivity index (χ3n) is 2.23. The number of aromatic hydroxyl groups is 1. The standard InChI is InChI=1S/C11H10ClNO3/c12-10-4-3-9(16-10)11(15)7-2-1-6(14)5-8(7)13/h1-5,11,14-15H,13H2. The maximum Gasteiger partial charge on any atom is 0.193 e. The Hall–Kier alpha value is -1.65. The van der Waals surface area contributed by atoms with Crippen molar-refractivity contribution in [3.63, 3.8) is 0 Å². The molecule has 0 aliphatic heterocycles. The summed E-state index contributed by atoms with van der Waals surface area (Å²) in [5.41, 5.74) is 6.43. The Morgan fingerprint density at radius 1 is 1.25 bits per heavy atom. The van der Waals surface area contributed by atoms with E-state index in [0.717, 1.165) is 0 Å². The van der Waals surface area contributed by atoms with Gasteiger partial charge < -0.3 is 20.4 Å². The van der Waals surface area contributed by atoms with Crippen LogP contribution in [0.5, 0.6) is 5.75 Å². The Bertz CT molecular complexity index is 510. The van der Waals surface area contributed by atoms with Crippen molar-refractivity contribution in [2.24, 2.45) is 0 Å². The number of aliphatic hydroxyl groups is 1. The summed E-state index contributed by atoms with van der Waals surface area (Å²) in [6.45, 7) is 0. The molecule has 0 fully saturated rings. The lowest BCUT2D eigenvalue weighted by Crippen LogP contribution is -2.02. The van der Waals surface area contributed by atoms with Crippen LogP contribution in [0.2, 0.25) is 5.22 Å². The average molecular weight is 240 g/mol. The zero-order chi connectivity index (χ0) is 11.7. The molecule has 0 aliphatic rings. The fourth-order valence-corrected chi connectivity index (χ4v) is 1.59. The fraction of sp³-hybridized carbons (Fsp3) is 0.0909. The van der Waals surface area contributed by atoms with E-state index >= 15 is 0 Å². The Labute approximate surface area is 96.9 Å². The fourth-order valence-electron chi connectivity index (χ4n) is 1.44. The molecule has 1 aromatic heterocycles. The third-order valence-corrected chi connectivity index (χ3v) is 2.43. The lowest BCUT2D eigenvalue weighted by atomic mass is 10.1. The predicted octanol–water partition coefficient (Wildman–Crippen LogP) is 2.30. The monoisotopic (exact) mass is 239 g/mol. The van der Waals surface area contributed by atoms with Crippen LogP contribution in [0.3, 0.4) is 0 Å². The normalized spacial score (nSPS) is 12.6. The second kappa shape index (κ2) is 4.08. The molecule has 1 heterocycles. The summed E-state index contributed by atoms with van der Waals surface area (Å²) in [5.74, 6) is 0.355. The summed E-state index contributed by atoms with van der Waals surface area (Å²) < 4.78 is 5.08. The first-order chi connectivity index (χ1) is 7.58. The van der Waals surface area contributed by atoms with Gasteiger partial charge in [0.25, 0.3) is 0 Å². The van der Waals surface area contributed by atoms with Gasteiger partial charge in [-0.2, -0.15) is 0 Å². The molecular weight excluding hydrogens is 230 g/mol. The van der Waals surface area contributed by atoms with E-state index in [9.17, 15) is 10.2 Å². The van der Waals surface area contributed by atoms with Gasteiger partial charge in [0.05, 0.1) is 0 Å². The summed E-state index contributed by atoms with van der Waals surface area (Å²) in [6.07, 6.45) is -0.993. The molecule has 2 rings (SSSR count). The lowest BCUT2D eigenvalue weighted by Gasteiger charge is -2.11. The highest BCUT2D eigenvalue weighted by molar-refractivity contribution is 6.28. The van der Waals surface area contributed by atoms with E-state index in [-0.39, 0.29) is 11.0 Å². The highest BCUT2D eigenvalue weighted by Gasteiger charge is 2.17. The number of rotatable bonds is 2. The lowest BCUT2D eigenvalue weighted by molar-refractivity contribution is 0.190. The second-order valence-electron chi connectivity index (χ2n) is 3.36. The number of anilines is 1. The zero-order valence-electron chi connectivity index (χ0n) is 8.22. The first-order valence-corrected chi connectivity index (χ1v) is 4.97. The van der Waals surface area contributed by atoms with Crippen LogP contribution in [0.15, 0.2) is 34.7 Å². The number of furan rings is 1. The highest BCUT2D eigenvalue weighted by Crippen LogP contribution is 2.30. The number of phenols is 1. The van der Waals surface area contributed by atoms with Gasteiger partial charge in [-0.3, -0.25) is 0 Å². The van der Waals surface area contributed by atoms with Crippen molar-refractivity contribution >= 4 is 17.3 Å². The molecule has 2 aromatic rings. The Morgan fingerprint density at radius 2 is 2.00 bits per heavy atom. The predicted molar refractivity (Wildman–Crippen MR) is 60.3 cm³/mol. The molecule has 0 radical (unpaired) electrons. The molecule has 4 N–H and O–H groups in total. The molecule has 0 bridgehead atoms. The summed E-state index contributed by atoms with van der Waals surface area (Å²) in [5, 5.41) is 19.4. The number of benzene rings is 1. The van der Waals surface area contributed by atoms with Crippen molar-refractivity contribution in [1.29, 1.82) is 0 Å². The van der Waals surface area contributed by atoms with Gasteiger partial charge in [-0.1, -0.05) is 6.07 Å². The molecule has 0 aliphatic carbocycles. The SMILES string of the molecule is Nc1cc(O)ccc1C(O)c1ccc(Cl)o1. The molecule has 0 amide bonds. The number of phenolic OH excluding ortho intramolecular Hbond substituents is 1. The van der Waals surface area contributed by atoms with Crippen LogP contribution < -0.4 is 5.73 Å². The van der Waals surface area contributed by atoms with Crippen molar-refractivity contribution in [2.75, 3.05) is 5.73 Å². The molecule has 4 nitrogen and oxygen atoms in total. The van der Waals surface area contributed by atoms with E-state index in [1.807, 2.05) is 0 Å². The summed E-state index contributed by atoms with van der Waals surface area (Å²) in [7, 11) is 0. The molecule has 1 aromatic carbocycles. The Kier molecular flexibility index (Phi) is 2.77. The van der Waals surface area contributed by atoms with E-state index in [2.05, 4.69) is 0 Å². The minimum atomic E-state index is -0.993. The molecule has 1 unspecified atom stereocenters. The van der Waals surface area contributed by atoms with Crippen molar-refractivity contribution in [2.45, 2.75) is 6.10 Å². The highest BCUT2D eigenvalue weighted by atomic mass is 35.5. The molecule has 5 heteroatoms. The Balaban J connectivity index is 2.37. The number of hydrogen-bond donors (Lipinski definition) is 3. The van der Waals surface area contributed by atoms with E-state index in [4.69, 9.17) is 21.8 Å². The summed E-state index contributed by atoms with van der Waals surface area (Å²) >= 11 is 5.61. The van der Waals surface area contributed by atoms with Crippen molar-refractivity contribution in [1.82, 2.24) is 0 Å². The average Bonchev–Trinajstić information content (AvgIpc) is 2.64. The smallest absolute Gasteiger partial charge is 0.193 e. The van der Waals surface area contributed by atoms with E-state index in [1.165, 1.54) is 24.3 Å². The molecule has 0 spiro atoms. The van der Waals surface area contributed by atoms with Gasteiger partial charge in [-0.15, -0.1) is 0 Å². The van der Waals surface area contributed by atoms with Crippen LogP contribution >= 0.6 is 11.6 Å². The minimum Gasteiger partial charge on any atom is -0.508 e. The number of halogens is 1. The number of nitrogen functional groups attached to an aromatic ring is 1. The third kappa shape index (κ3) is 1.98. The molecule has 1 atom stereocenters. The van der Waals surface area contributed by atoms with Crippen LogP contribution in [0, 0.1) is 0 Å². The largest absolute Gasteiger partial charge is 0.508 e. The molecule has 16 heavy (non-hydrogen) atoms. The van der Waals surface area contributed by atoms with Crippen molar-refractivity contribution in [3.05, 3.63) is 46.9 Å². The Morgan fingerprint density at radius 3 is 2.56 bits per heavy atom. The van der Waals surface area contributed by atoms with Crippen LogP contribution in [0.25, 0.3) is 0 Å². The van der Waals surface area contributed by atoms with Gasteiger partial charge in [0.2, 0.25) is 0 Å². The van der Waals surface area contributed by atoms with Gasteiger partial charge in [0, 0.05) is 17.3 Å². The second-order valence-corrected chi connectivity index (χ2v) is 3.73. The number of aliphatic hydroxyl groups excluding tert-OH is 1. The van der Waals surface area contributed by atoms with E-state index in [0.29, 0.717) is 17.0 Å². The molecular formula is C11H10ClNO3. The van der Waals surface area contributed by atoms with E-state index in [1.54, 1.807) is 6.07 Å². The van der Waals surface area contributed by atoms with Gasteiger partial charge >= 0.3 is 0 Å². The van der Waals surface area contributed by atoms with E-state index < -0.39 is 6.10 Å². The van der Waals surface area contributed by atoms with Crippen LogP contribution in [-0.4, -0.2) is 10.2 Å². The minimum absolute atomic E-state index is 0.0472. The maximum atomic E-state index is 9.96. The van der Waals surface area contributed by atoms with Crippen molar-refractivity contribution < 1.29 is 14.6 Å². The molecule has 0 saturated heterocycles. The van der Waals surface area contributed by atoms with Crippen LogP contribution in [0.1, 0.15) is 17.4 Å². The summed E-state index contributed by atoms with van der Waals surface area (Å²) in [6, 6.07) is 7.45. The molecule has 0 saturated carbocycles. The van der Waals surface area contributed by atoms with Gasteiger partial charge in [0.15, 0.2) is 5.22 Å². The quantitative estimate of drug-likeness (QED) is 0.703. The zero-order valence-corrected chi connectivity index (χ0v) is 8.98. The first-order valence-electron chi connectivity index (χ1n) is 4.59. The topological polar surface area (TPSA) is 79.6 Å². The van der Waals surface area contributed by atoms with Crippen molar-refractivity contribution in [3.8, 4) is 5.75 Å². The number of hydrogen-bond acceptors (Lipinski definition) is 4.